The Bertz CT molecular complexity index is 1420. The molecule has 5 aromatic rings. The summed E-state index contributed by atoms with van der Waals surface area (Å²) in [6.07, 6.45) is 5.77. The SMILES string of the molecule is CC[C@H](NC(=O)c1cc(-n2c(C)nnc2C)c2ncc(-c3ccc(C)s3)n2c1)c1ncn[nH]1. The Hall–Kier alpha value is -3.86. The van der Waals surface area contributed by atoms with E-state index in [4.69, 9.17) is 4.98 Å². The number of carbonyl (C=O) groups is 1. The number of pyridine rings is 1. The average molecular weight is 462 g/mol. The van der Waals surface area contributed by atoms with E-state index in [0.717, 1.165) is 33.6 Å². The molecule has 0 saturated carbocycles. The molecule has 5 rings (SSSR count). The number of hydrogen-bond donors (Lipinski definition) is 2. The average Bonchev–Trinajstić information content (AvgIpc) is 3.59. The number of aryl methyl sites for hydroxylation is 3. The third kappa shape index (κ3) is 3.69. The van der Waals surface area contributed by atoms with Gasteiger partial charge in [-0.15, -0.1) is 21.5 Å². The van der Waals surface area contributed by atoms with E-state index < -0.39 is 0 Å². The van der Waals surface area contributed by atoms with Gasteiger partial charge in [0.25, 0.3) is 5.91 Å². The second kappa shape index (κ2) is 8.24. The molecule has 1 amide bonds. The van der Waals surface area contributed by atoms with Gasteiger partial charge in [-0.25, -0.2) is 9.97 Å². The van der Waals surface area contributed by atoms with Gasteiger partial charge in [-0.05, 0) is 45.4 Å². The van der Waals surface area contributed by atoms with E-state index in [1.54, 1.807) is 11.3 Å². The van der Waals surface area contributed by atoms with Gasteiger partial charge in [0.05, 0.1) is 34.1 Å². The van der Waals surface area contributed by atoms with Crippen LogP contribution in [0.5, 0.6) is 0 Å². The Morgan fingerprint density at radius 1 is 1.18 bits per heavy atom. The van der Waals surface area contributed by atoms with Crippen LogP contribution in [-0.2, 0) is 0 Å². The van der Waals surface area contributed by atoms with Gasteiger partial charge in [-0.3, -0.25) is 18.9 Å². The molecule has 33 heavy (non-hydrogen) atoms. The minimum atomic E-state index is -0.278. The highest BCUT2D eigenvalue weighted by Gasteiger charge is 2.21. The quantitative estimate of drug-likeness (QED) is 0.399. The van der Waals surface area contributed by atoms with E-state index in [2.05, 4.69) is 49.8 Å². The van der Waals surface area contributed by atoms with Crippen molar-refractivity contribution in [3.8, 4) is 16.3 Å². The minimum Gasteiger partial charge on any atom is -0.342 e. The first-order valence-corrected chi connectivity index (χ1v) is 11.4. The molecule has 10 nitrogen and oxygen atoms in total. The molecule has 2 N–H and O–H groups in total. The number of aromatic nitrogens is 8. The number of H-pyrrole nitrogens is 1. The number of carbonyl (C=O) groups excluding carboxylic acids is 1. The molecular weight excluding hydrogens is 438 g/mol. The van der Waals surface area contributed by atoms with Crippen molar-refractivity contribution in [1.82, 2.24) is 44.6 Å². The Kier molecular flexibility index (Phi) is 5.25. The second-order valence-electron chi connectivity index (χ2n) is 7.80. The highest BCUT2D eigenvalue weighted by molar-refractivity contribution is 7.15. The first-order valence-electron chi connectivity index (χ1n) is 10.6. The summed E-state index contributed by atoms with van der Waals surface area (Å²) in [5, 5.41) is 18.2. The summed E-state index contributed by atoms with van der Waals surface area (Å²) in [7, 11) is 0. The van der Waals surface area contributed by atoms with E-state index in [1.165, 1.54) is 11.2 Å². The van der Waals surface area contributed by atoms with Crippen LogP contribution < -0.4 is 5.32 Å². The minimum absolute atomic E-state index is 0.216. The Labute approximate surface area is 193 Å². The van der Waals surface area contributed by atoms with Gasteiger partial charge in [0.15, 0.2) is 5.65 Å². The number of amides is 1. The normalized spacial score (nSPS) is 12.4. The van der Waals surface area contributed by atoms with E-state index in [1.807, 2.05) is 48.2 Å². The van der Waals surface area contributed by atoms with Gasteiger partial charge in [-0.2, -0.15) is 5.10 Å². The highest BCUT2D eigenvalue weighted by atomic mass is 32.1. The standard InChI is InChI=1S/C22H23N9OS/c1-5-16(20-24-11-25-29-20)26-22(32)15-8-17(31-13(3)27-28-14(31)4)21-23-9-18(30(21)10-15)19-7-6-12(2)33-19/h6-11,16H,5H2,1-4H3,(H,26,32)(H,24,25,29)/t16-/m0/s1. The lowest BCUT2D eigenvalue weighted by atomic mass is 10.1. The fourth-order valence-electron chi connectivity index (χ4n) is 3.92. The number of imidazole rings is 1. The van der Waals surface area contributed by atoms with Crippen molar-refractivity contribution in [2.45, 2.75) is 40.2 Å². The number of thiophene rings is 1. The van der Waals surface area contributed by atoms with E-state index in [9.17, 15) is 4.79 Å². The highest BCUT2D eigenvalue weighted by Crippen LogP contribution is 2.31. The van der Waals surface area contributed by atoms with Gasteiger partial charge in [0, 0.05) is 11.1 Å². The van der Waals surface area contributed by atoms with Gasteiger partial charge in [-0.1, -0.05) is 6.92 Å². The van der Waals surface area contributed by atoms with Crippen LogP contribution in [0.4, 0.5) is 0 Å². The van der Waals surface area contributed by atoms with Crippen molar-refractivity contribution in [1.29, 1.82) is 0 Å². The summed E-state index contributed by atoms with van der Waals surface area (Å²) in [4.78, 5) is 24.6. The second-order valence-corrected chi connectivity index (χ2v) is 9.08. The van der Waals surface area contributed by atoms with E-state index in [0.29, 0.717) is 17.8 Å². The maximum Gasteiger partial charge on any atom is 0.253 e. The van der Waals surface area contributed by atoms with E-state index >= 15 is 0 Å². The summed E-state index contributed by atoms with van der Waals surface area (Å²) in [5.74, 6) is 1.84. The van der Waals surface area contributed by atoms with Crippen LogP contribution in [0.25, 0.3) is 21.9 Å². The number of aromatic amines is 1. The van der Waals surface area contributed by atoms with Crippen molar-refractivity contribution in [3.63, 3.8) is 0 Å². The summed E-state index contributed by atoms with van der Waals surface area (Å²) in [5.41, 5.74) is 2.89. The molecule has 0 aromatic carbocycles. The first-order chi connectivity index (χ1) is 16.0. The zero-order chi connectivity index (χ0) is 23.1. The lowest BCUT2D eigenvalue weighted by Crippen LogP contribution is -2.29. The van der Waals surface area contributed by atoms with Crippen LogP contribution in [0.15, 0.2) is 36.9 Å². The molecule has 0 aliphatic heterocycles. The molecular formula is C22H23N9OS. The Morgan fingerprint density at radius 3 is 2.61 bits per heavy atom. The Balaban J connectivity index is 1.66. The number of nitrogens with zero attached hydrogens (tertiary/aromatic N) is 7. The zero-order valence-electron chi connectivity index (χ0n) is 18.7. The third-order valence-electron chi connectivity index (χ3n) is 5.55. The molecule has 11 heteroatoms. The third-order valence-corrected chi connectivity index (χ3v) is 6.57. The molecule has 1 atom stereocenters. The molecule has 0 bridgehead atoms. The molecule has 0 radical (unpaired) electrons. The summed E-state index contributed by atoms with van der Waals surface area (Å²) >= 11 is 1.68. The molecule has 0 saturated heterocycles. The molecule has 5 aromatic heterocycles. The van der Waals surface area contributed by atoms with Crippen molar-refractivity contribution < 1.29 is 4.79 Å². The van der Waals surface area contributed by atoms with Crippen molar-refractivity contribution in [2.24, 2.45) is 0 Å². The van der Waals surface area contributed by atoms with Gasteiger partial charge in [0.1, 0.15) is 23.8 Å². The fraction of sp³-hybridized carbons (Fsp3) is 0.273. The van der Waals surface area contributed by atoms with Crippen LogP contribution in [0.2, 0.25) is 0 Å². The lowest BCUT2D eigenvalue weighted by Gasteiger charge is -2.16. The summed E-state index contributed by atoms with van der Waals surface area (Å²) in [6, 6.07) is 5.70. The maximum absolute atomic E-state index is 13.4. The fourth-order valence-corrected chi connectivity index (χ4v) is 4.79. The van der Waals surface area contributed by atoms with Crippen molar-refractivity contribution in [2.75, 3.05) is 0 Å². The van der Waals surface area contributed by atoms with Crippen LogP contribution in [0.3, 0.4) is 0 Å². The number of rotatable bonds is 6. The molecule has 0 unspecified atom stereocenters. The van der Waals surface area contributed by atoms with Gasteiger partial charge in [0.2, 0.25) is 0 Å². The molecule has 0 aliphatic carbocycles. The van der Waals surface area contributed by atoms with Crippen LogP contribution in [0, 0.1) is 20.8 Å². The van der Waals surface area contributed by atoms with E-state index in [-0.39, 0.29) is 11.9 Å². The molecule has 168 valence electrons. The molecule has 0 aliphatic rings. The topological polar surface area (TPSA) is 119 Å². The molecule has 0 spiro atoms. The Morgan fingerprint density at radius 2 is 1.97 bits per heavy atom. The smallest absolute Gasteiger partial charge is 0.253 e. The van der Waals surface area contributed by atoms with Crippen molar-refractivity contribution >= 4 is 22.9 Å². The summed E-state index contributed by atoms with van der Waals surface area (Å²) in [6.45, 7) is 7.82. The number of nitrogens with one attached hydrogen (secondary N) is 2. The summed E-state index contributed by atoms with van der Waals surface area (Å²) < 4.78 is 3.88. The first kappa shape index (κ1) is 21.0. The number of fused-ring (bicyclic) bond motifs is 1. The lowest BCUT2D eigenvalue weighted by molar-refractivity contribution is 0.0933. The van der Waals surface area contributed by atoms with Crippen LogP contribution in [0.1, 0.15) is 52.1 Å². The van der Waals surface area contributed by atoms with Crippen molar-refractivity contribution in [3.05, 3.63) is 64.8 Å². The zero-order valence-corrected chi connectivity index (χ0v) is 19.5. The van der Waals surface area contributed by atoms with Crippen LogP contribution in [-0.4, -0.2) is 45.2 Å². The van der Waals surface area contributed by atoms with Gasteiger partial charge < -0.3 is 5.32 Å². The monoisotopic (exact) mass is 461 g/mol. The number of hydrogen-bond acceptors (Lipinski definition) is 7. The molecule has 0 fully saturated rings. The predicted molar refractivity (Wildman–Crippen MR) is 125 cm³/mol. The maximum atomic E-state index is 13.4. The van der Waals surface area contributed by atoms with Crippen LogP contribution >= 0.6 is 11.3 Å². The van der Waals surface area contributed by atoms with Gasteiger partial charge >= 0.3 is 0 Å². The largest absolute Gasteiger partial charge is 0.342 e. The predicted octanol–water partition coefficient (Wildman–Crippen LogP) is 3.57. The molecule has 5 heterocycles.